The molecule has 0 aliphatic carbocycles. The highest BCUT2D eigenvalue weighted by Crippen LogP contribution is 2.25. The Kier molecular flexibility index (Phi) is 6.81. The average molecular weight is 518 g/mol. The van der Waals surface area contributed by atoms with Gasteiger partial charge in [-0.1, -0.05) is 42.0 Å². The number of nitrogens with one attached hydrogen (secondary N) is 1. The van der Waals surface area contributed by atoms with Gasteiger partial charge in [0.25, 0.3) is 11.8 Å². The van der Waals surface area contributed by atoms with E-state index in [0.29, 0.717) is 6.61 Å². The molecule has 2 aromatic rings. The van der Waals surface area contributed by atoms with Gasteiger partial charge < -0.3 is 4.74 Å². The van der Waals surface area contributed by atoms with Crippen molar-refractivity contribution < 1.29 is 14.3 Å². The molecule has 2 amide bonds. The van der Waals surface area contributed by atoms with Gasteiger partial charge >= 0.3 is 0 Å². The smallest absolute Gasteiger partial charge is 0.265 e. The van der Waals surface area contributed by atoms with E-state index in [1.54, 1.807) is 12.2 Å². The summed E-state index contributed by atoms with van der Waals surface area (Å²) in [6.45, 7) is 6.36. The number of carbonyl (C=O) groups excluding carboxylic acids is 2. The molecular weight excluding hydrogens is 499 g/mol. The number of ether oxygens (including phenoxy) is 1. The summed E-state index contributed by atoms with van der Waals surface area (Å²) in [6.07, 6.45) is 3.11. The van der Waals surface area contributed by atoms with Crippen molar-refractivity contribution >= 4 is 57.8 Å². The Balaban J connectivity index is 1.77. The molecule has 0 atom stereocenters. The van der Waals surface area contributed by atoms with Gasteiger partial charge in [-0.3, -0.25) is 19.8 Å². The van der Waals surface area contributed by atoms with Gasteiger partial charge in [0.1, 0.15) is 17.9 Å². The summed E-state index contributed by atoms with van der Waals surface area (Å²) in [5.41, 5.74) is 3.04. The third kappa shape index (κ3) is 5.10. The molecule has 0 spiro atoms. The molecule has 1 heterocycles. The fourth-order valence-corrected chi connectivity index (χ4v) is 3.67. The number of carbonyl (C=O) groups is 2. The lowest BCUT2D eigenvalue weighted by Gasteiger charge is -2.27. The zero-order chi connectivity index (χ0) is 21.0. The van der Waals surface area contributed by atoms with Crippen LogP contribution >= 0.6 is 34.8 Å². The predicted molar refractivity (Wildman–Crippen MR) is 125 cm³/mol. The van der Waals surface area contributed by atoms with Gasteiger partial charge in [-0.2, -0.15) is 0 Å². The number of nitrogens with zero attached hydrogens (tertiary/aromatic N) is 1. The summed E-state index contributed by atoms with van der Waals surface area (Å²) in [5, 5.41) is 2.63. The summed E-state index contributed by atoms with van der Waals surface area (Å²) < 4.78 is 6.78. The SMILES string of the molecule is C=CCN1C(=O)/C(=C/c2ccc(OCc3ccc(C)cc3)c(I)c2)C(=O)NC1=S. The van der Waals surface area contributed by atoms with Crippen molar-refractivity contribution in [2.24, 2.45) is 0 Å². The van der Waals surface area contributed by atoms with Crippen molar-refractivity contribution in [1.82, 2.24) is 10.2 Å². The Labute approximate surface area is 188 Å². The first kappa shape index (κ1) is 21.2. The summed E-state index contributed by atoms with van der Waals surface area (Å²) in [5.74, 6) is -0.203. The van der Waals surface area contributed by atoms with Gasteiger partial charge in [0.2, 0.25) is 0 Å². The molecule has 1 saturated heterocycles. The molecule has 1 fully saturated rings. The second kappa shape index (κ2) is 9.32. The monoisotopic (exact) mass is 518 g/mol. The van der Waals surface area contributed by atoms with Crippen molar-refractivity contribution in [3.05, 3.63) is 81.0 Å². The highest BCUT2D eigenvalue weighted by atomic mass is 127. The molecule has 1 N–H and O–H groups in total. The van der Waals surface area contributed by atoms with Crippen LogP contribution in [0.5, 0.6) is 5.75 Å². The topological polar surface area (TPSA) is 58.6 Å². The highest BCUT2D eigenvalue weighted by Gasteiger charge is 2.32. The number of halogens is 1. The lowest BCUT2D eigenvalue weighted by molar-refractivity contribution is -0.128. The standard InChI is InChI=1S/C22H19IN2O3S/c1-3-10-25-21(27)17(20(26)24-22(25)29)11-16-8-9-19(18(23)12-16)28-13-15-6-4-14(2)5-7-15/h3-9,11-12H,1,10,13H2,2H3,(H,24,26,29)/b17-11+. The van der Waals surface area contributed by atoms with E-state index < -0.39 is 11.8 Å². The maximum Gasteiger partial charge on any atom is 0.265 e. The van der Waals surface area contributed by atoms with Gasteiger partial charge in [0.05, 0.1) is 3.57 Å². The number of hydrogen-bond acceptors (Lipinski definition) is 4. The molecule has 5 nitrogen and oxygen atoms in total. The molecule has 7 heteroatoms. The molecule has 3 rings (SSSR count). The van der Waals surface area contributed by atoms with E-state index in [1.165, 1.54) is 10.5 Å². The van der Waals surface area contributed by atoms with Gasteiger partial charge in [0, 0.05) is 6.54 Å². The second-order valence-electron chi connectivity index (χ2n) is 6.49. The normalized spacial score (nSPS) is 15.4. The van der Waals surface area contributed by atoms with E-state index in [-0.39, 0.29) is 17.2 Å². The first-order valence-corrected chi connectivity index (χ1v) is 10.4. The molecule has 0 unspecified atom stereocenters. The van der Waals surface area contributed by atoms with Gasteiger partial charge in [-0.25, -0.2) is 0 Å². The van der Waals surface area contributed by atoms with E-state index in [0.717, 1.165) is 20.4 Å². The van der Waals surface area contributed by atoms with Crippen LogP contribution in [-0.4, -0.2) is 28.4 Å². The Bertz CT molecular complexity index is 1020. The third-order valence-corrected chi connectivity index (χ3v) is 5.44. The van der Waals surface area contributed by atoms with Crippen molar-refractivity contribution in [2.75, 3.05) is 6.54 Å². The minimum atomic E-state index is -0.505. The molecule has 1 aliphatic heterocycles. The largest absolute Gasteiger partial charge is 0.488 e. The van der Waals surface area contributed by atoms with E-state index in [9.17, 15) is 9.59 Å². The Morgan fingerprint density at radius 2 is 1.93 bits per heavy atom. The van der Waals surface area contributed by atoms with Crippen LogP contribution in [0, 0.1) is 10.5 Å². The zero-order valence-electron chi connectivity index (χ0n) is 15.8. The lowest BCUT2D eigenvalue weighted by Crippen LogP contribution is -2.53. The molecule has 1 aliphatic rings. The zero-order valence-corrected chi connectivity index (χ0v) is 18.7. The maximum atomic E-state index is 12.6. The number of rotatable bonds is 6. The summed E-state index contributed by atoms with van der Waals surface area (Å²) in [7, 11) is 0. The second-order valence-corrected chi connectivity index (χ2v) is 8.03. The minimum Gasteiger partial charge on any atom is -0.488 e. The van der Waals surface area contributed by atoms with E-state index in [1.807, 2.05) is 49.4 Å². The van der Waals surface area contributed by atoms with E-state index >= 15 is 0 Å². The van der Waals surface area contributed by atoms with Crippen LogP contribution in [0.2, 0.25) is 0 Å². The summed E-state index contributed by atoms with van der Waals surface area (Å²) in [4.78, 5) is 26.2. The van der Waals surface area contributed by atoms with Crippen molar-refractivity contribution in [3.8, 4) is 5.75 Å². The van der Waals surface area contributed by atoms with Crippen LogP contribution in [-0.2, 0) is 16.2 Å². The number of hydrogen-bond donors (Lipinski definition) is 1. The fraction of sp³-hybridized carbons (Fsp3) is 0.136. The maximum absolute atomic E-state index is 12.6. The molecule has 0 saturated carbocycles. The first-order valence-electron chi connectivity index (χ1n) is 8.86. The van der Waals surface area contributed by atoms with E-state index in [2.05, 4.69) is 34.5 Å². The van der Waals surface area contributed by atoms with Crippen LogP contribution in [0.1, 0.15) is 16.7 Å². The van der Waals surface area contributed by atoms with E-state index in [4.69, 9.17) is 17.0 Å². The highest BCUT2D eigenvalue weighted by molar-refractivity contribution is 14.1. The lowest BCUT2D eigenvalue weighted by atomic mass is 10.1. The van der Waals surface area contributed by atoms with Crippen LogP contribution in [0.25, 0.3) is 6.08 Å². The van der Waals surface area contributed by atoms with Gasteiger partial charge in [-0.15, -0.1) is 6.58 Å². The Morgan fingerprint density at radius 1 is 1.21 bits per heavy atom. The molecule has 0 radical (unpaired) electrons. The quantitative estimate of drug-likeness (QED) is 0.207. The summed E-state index contributed by atoms with van der Waals surface area (Å²) in [6, 6.07) is 13.7. The molecule has 29 heavy (non-hydrogen) atoms. The predicted octanol–water partition coefficient (Wildman–Crippen LogP) is 3.99. The third-order valence-electron chi connectivity index (χ3n) is 4.28. The van der Waals surface area contributed by atoms with Gasteiger partial charge in [-0.05, 0) is 71.1 Å². The van der Waals surface area contributed by atoms with Crippen LogP contribution in [0.15, 0.2) is 60.7 Å². The minimum absolute atomic E-state index is 0.0320. The Morgan fingerprint density at radius 3 is 2.59 bits per heavy atom. The number of benzene rings is 2. The fourth-order valence-electron chi connectivity index (χ4n) is 2.72. The van der Waals surface area contributed by atoms with Crippen molar-refractivity contribution in [3.63, 3.8) is 0 Å². The van der Waals surface area contributed by atoms with Crippen molar-refractivity contribution in [1.29, 1.82) is 0 Å². The molecule has 2 aromatic carbocycles. The molecule has 148 valence electrons. The Hall–Kier alpha value is -2.52. The molecule has 0 aromatic heterocycles. The van der Waals surface area contributed by atoms with Gasteiger partial charge in [0.15, 0.2) is 5.11 Å². The molecular formula is C22H19IN2O3S. The first-order chi connectivity index (χ1) is 13.9. The number of aryl methyl sites for hydroxylation is 1. The average Bonchev–Trinajstić information content (AvgIpc) is 2.69. The van der Waals surface area contributed by atoms with Crippen molar-refractivity contribution in [2.45, 2.75) is 13.5 Å². The molecule has 0 bridgehead atoms. The number of amides is 2. The van der Waals surface area contributed by atoms with Crippen LogP contribution in [0.4, 0.5) is 0 Å². The number of thiocarbonyl (C=S) groups is 1. The van der Waals surface area contributed by atoms with Crippen LogP contribution < -0.4 is 10.1 Å². The van der Waals surface area contributed by atoms with Crippen LogP contribution in [0.3, 0.4) is 0 Å². The summed E-state index contributed by atoms with van der Waals surface area (Å²) >= 11 is 7.23.